The summed E-state index contributed by atoms with van der Waals surface area (Å²) in [7, 11) is 0. The highest BCUT2D eigenvalue weighted by atomic mass is 32.2. The molecule has 0 aromatic heterocycles. The molecule has 3 rings (SSSR count). The number of carboxylic acids is 1. The normalized spacial score (nSPS) is 20.6. The zero-order chi connectivity index (χ0) is 29.8. The zero-order valence-electron chi connectivity index (χ0n) is 24.1. The van der Waals surface area contributed by atoms with Gasteiger partial charge in [0.2, 0.25) is 23.6 Å². The van der Waals surface area contributed by atoms with Crippen LogP contribution in [0.3, 0.4) is 0 Å². The fraction of sp³-hybridized carbons (Fsp3) is 0.633. The molecule has 4 atom stereocenters. The average Bonchev–Trinajstić information content (AvgIpc) is 3.36. The Hall–Kier alpha value is -3.08. The highest BCUT2D eigenvalue weighted by Crippen LogP contribution is 2.36. The van der Waals surface area contributed by atoms with Crippen LogP contribution < -0.4 is 16.0 Å². The molecule has 1 aliphatic heterocycles. The Labute approximate surface area is 246 Å². The maximum absolute atomic E-state index is 13.6. The molecular formula is C30H44N4O6S. The number of thioether (sulfide) groups is 1. The molecule has 0 radical (unpaired) electrons. The number of benzene rings is 1. The number of hydrogen-bond acceptors (Lipinski definition) is 6. The first-order valence-electron chi connectivity index (χ1n) is 14.7. The molecule has 4 N–H and O–H groups in total. The van der Waals surface area contributed by atoms with Crippen molar-refractivity contribution in [1.82, 2.24) is 20.9 Å². The van der Waals surface area contributed by atoms with Crippen LogP contribution in [-0.2, 0) is 24.0 Å². The fourth-order valence-electron chi connectivity index (χ4n) is 5.75. The molecule has 1 saturated carbocycles. The van der Waals surface area contributed by atoms with Crippen LogP contribution in [0.2, 0.25) is 0 Å². The zero-order valence-corrected chi connectivity index (χ0v) is 24.9. The summed E-state index contributed by atoms with van der Waals surface area (Å²) in [6.07, 6.45) is 8.08. The predicted octanol–water partition coefficient (Wildman–Crippen LogP) is 3.45. The van der Waals surface area contributed by atoms with Crippen molar-refractivity contribution in [3.63, 3.8) is 0 Å². The summed E-state index contributed by atoms with van der Waals surface area (Å²) in [5, 5.41) is 17.8. The van der Waals surface area contributed by atoms with Gasteiger partial charge in [0.25, 0.3) is 0 Å². The van der Waals surface area contributed by atoms with E-state index in [0.717, 1.165) is 37.0 Å². The lowest BCUT2D eigenvalue weighted by atomic mass is 9.84. The van der Waals surface area contributed by atoms with E-state index in [1.54, 1.807) is 16.7 Å². The molecule has 2 aliphatic rings. The van der Waals surface area contributed by atoms with Crippen molar-refractivity contribution in [3.05, 3.63) is 30.3 Å². The molecule has 1 saturated heterocycles. The molecule has 4 amide bonds. The van der Waals surface area contributed by atoms with Crippen LogP contribution in [-0.4, -0.2) is 69.6 Å². The number of carbonyl (C=O) groups excluding carboxylic acids is 4. The number of nitrogens with zero attached hydrogens (tertiary/aromatic N) is 1. The number of aliphatic carboxylic acids is 1. The summed E-state index contributed by atoms with van der Waals surface area (Å²) < 4.78 is 0. The van der Waals surface area contributed by atoms with E-state index in [9.17, 15) is 29.1 Å². The minimum absolute atomic E-state index is 0.148. The SMILES string of the molecule is CC(=O)NCCCC[C@H](NC(=O)[C@H](CC1CCCCC1)NC(=O)[C@@H]1CCC(Sc2ccccc2)N1C(C)=O)C(=O)O. The van der Waals surface area contributed by atoms with Gasteiger partial charge in [0.05, 0.1) is 5.37 Å². The van der Waals surface area contributed by atoms with Gasteiger partial charge in [-0.25, -0.2) is 4.79 Å². The van der Waals surface area contributed by atoms with Crippen LogP contribution in [0.1, 0.15) is 84.5 Å². The molecule has 1 unspecified atom stereocenters. The van der Waals surface area contributed by atoms with E-state index >= 15 is 0 Å². The Balaban J connectivity index is 1.67. The Kier molecular flexibility index (Phi) is 13.0. The largest absolute Gasteiger partial charge is 0.480 e. The summed E-state index contributed by atoms with van der Waals surface area (Å²) in [6, 6.07) is 7.05. The van der Waals surface area contributed by atoms with Gasteiger partial charge in [-0.2, -0.15) is 0 Å². The van der Waals surface area contributed by atoms with Gasteiger partial charge in [0, 0.05) is 25.3 Å². The van der Waals surface area contributed by atoms with Gasteiger partial charge in [-0.15, -0.1) is 11.8 Å². The van der Waals surface area contributed by atoms with Gasteiger partial charge in [-0.1, -0.05) is 50.3 Å². The van der Waals surface area contributed by atoms with Gasteiger partial charge in [0.1, 0.15) is 18.1 Å². The summed E-state index contributed by atoms with van der Waals surface area (Å²) >= 11 is 1.54. The van der Waals surface area contributed by atoms with Crippen LogP contribution in [0, 0.1) is 5.92 Å². The lowest BCUT2D eigenvalue weighted by molar-refractivity contribution is -0.143. The highest BCUT2D eigenvalue weighted by Gasteiger charge is 2.41. The summed E-state index contributed by atoms with van der Waals surface area (Å²) in [6.45, 7) is 3.32. The summed E-state index contributed by atoms with van der Waals surface area (Å²) in [4.78, 5) is 65.3. The third-order valence-corrected chi connectivity index (χ3v) is 9.13. The lowest BCUT2D eigenvalue weighted by Crippen LogP contribution is -2.56. The maximum atomic E-state index is 13.6. The third-order valence-electron chi connectivity index (χ3n) is 7.85. The second-order valence-corrected chi connectivity index (χ2v) is 12.3. The van der Waals surface area contributed by atoms with Gasteiger partial charge < -0.3 is 26.0 Å². The first kappa shape index (κ1) is 32.4. The van der Waals surface area contributed by atoms with Crippen LogP contribution in [0.5, 0.6) is 0 Å². The number of amides is 4. The van der Waals surface area contributed by atoms with Crippen LogP contribution in [0.15, 0.2) is 35.2 Å². The molecule has 1 aromatic rings. The Morgan fingerprint density at radius 3 is 2.27 bits per heavy atom. The lowest BCUT2D eigenvalue weighted by Gasteiger charge is -2.31. The van der Waals surface area contributed by atoms with Crippen LogP contribution in [0.4, 0.5) is 0 Å². The minimum Gasteiger partial charge on any atom is -0.480 e. The van der Waals surface area contributed by atoms with E-state index in [1.807, 2.05) is 30.3 Å². The van der Waals surface area contributed by atoms with Gasteiger partial charge in [-0.3, -0.25) is 19.2 Å². The number of rotatable bonds is 14. The van der Waals surface area contributed by atoms with Crippen LogP contribution >= 0.6 is 11.8 Å². The topological polar surface area (TPSA) is 145 Å². The Bertz CT molecular complexity index is 1050. The predicted molar refractivity (Wildman–Crippen MR) is 157 cm³/mol. The second-order valence-electron chi connectivity index (χ2n) is 11.1. The molecule has 226 valence electrons. The number of carbonyl (C=O) groups is 5. The summed E-state index contributed by atoms with van der Waals surface area (Å²) in [5.41, 5.74) is 0. The molecule has 41 heavy (non-hydrogen) atoms. The second kappa shape index (κ2) is 16.4. The van der Waals surface area contributed by atoms with Crippen molar-refractivity contribution in [2.75, 3.05) is 6.54 Å². The quantitative estimate of drug-likeness (QED) is 0.244. The number of nitrogens with one attached hydrogen (secondary N) is 3. The Morgan fingerprint density at radius 2 is 1.63 bits per heavy atom. The fourth-order valence-corrected chi connectivity index (χ4v) is 7.05. The van der Waals surface area contributed by atoms with E-state index in [2.05, 4.69) is 16.0 Å². The standard InChI is InChI=1S/C30H44N4O6S/c1-20(35)31-18-10-9-15-24(30(39)40)32-28(37)25(19-22-11-5-3-6-12-22)33-29(38)26-16-17-27(34(26)21(2)36)41-23-13-7-4-8-14-23/h4,7-8,13-14,22,24-27H,3,5-6,9-12,15-19H2,1-2H3,(H,31,35)(H,32,37)(H,33,38)(H,39,40)/t24-,25-,26-,27?/m0/s1. The Morgan fingerprint density at radius 1 is 0.927 bits per heavy atom. The van der Waals surface area contributed by atoms with Crippen molar-refractivity contribution in [2.24, 2.45) is 5.92 Å². The molecule has 1 aromatic carbocycles. The number of carboxylic acid groups (broad SMARTS) is 1. The molecular weight excluding hydrogens is 544 g/mol. The van der Waals surface area contributed by atoms with E-state index in [1.165, 1.54) is 13.8 Å². The van der Waals surface area contributed by atoms with Gasteiger partial charge in [-0.05, 0) is 56.6 Å². The molecule has 1 heterocycles. The number of unbranched alkanes of at least 4 members (excludes halogenated alkanes) is 1. The van der Waals surface area contributed by atoms with E-state index < -0.39 is 30.0 Å². The first-order chi connectivity index (χ1) is 19.7. The average molecular weight is 589 g/mol. The molecule has 0 bridgehead atoms. The van der Waals surface area contributed by atoms with Gasteiger partial charge >= 0.3 is 5.97 Å². The molecule has 2 fully saturated rings. The summed E-state index contributed by atoms with van der Waals surface area (Å²) in [5.74, 6) is -2.12. The van der Waals surface area contributed by atoms with Crippen LogP contribution in [0.25, 0.3) is 0 Å². The molecule has 11 heteroatoms. The van der Waals surface area contributed by atoms with Gasteiger partial charge in [0.15, 0.2) is 0 Å². The number of likely N-dealkylation sites (tertiary alicyclic amines) is 1. The molecule has 1 aliphatic carbocycles. The van der Waals surface area contributed by atoms with Crippen molar-refractivity contribution in [3.8, 4) is 0 Å². The highest BCUT2D eigenvalue weighted by molar-refractivity contribution is 8.00. The van der Waals surface area contributed by atoms with E-state index in [4.69, 9.17) is 0 Å². The monoisotopic (exact) mass is 588 g/mol. The smallest absolute Gasteiger partial charge is 0.326 e. The van der Waals surface area contributed by atoms with Crippen molar-refractivity contribution < 1.29 is 29.1 Å². The van der Waals surface area contributed by atoms with E-state index in [-0.39, 0.29) is 35.4 Å². The van der Waals surface area contributed by atoms with E-state index in [0.29, 0.717) is 38.6 Å². The maximum Gasteiger partial charge on any atom is 0.326 e. The minimum atomic E-state index is -1.14. The van der Waals surface area contributed by atoms with Crippen molar-refractivity contribution in [1.29, 1.82) is 0 Å². The molecule has 10 nitrogen and oxygen atoms in total. The number of hydrogen-bond donors (Lipinski definition) is 4. The van der Waals surface area contributed by atoms with Crippen molar-refractivity contribution in [2.45, 2.75) is 113 Å². The molecule has 0 spiro atoms. The third kappa shape index (κ3) is 10.4. The van der Waals surface area contributed by atoms with Crippen molar-refractivity contribution >= 4 is 41.4 Å². The first-order valence-corrected chi connectivity index (χ1v) is 15.6.